The van der Waals surface area contributed by atoms with E-state index >= 15 is 0 Å². The first-order valence-corrected chi connectivity index (χ1v) is 13.6. The van der Waals surface area contributed by atoms with Crippen LogP contribution in [0.4, 0.5) is 0 Å². The van der Waals surface area contributed by atoms with E-state index in [9.17, 15) is 15.0 Å². The van der Waals surface area contributed by atoms with Gasteiger partial charge in [-0.1, -0.05) is 42.5 Å². The van der Waals surface area contributed by atoms with Gasteiger partial charge in [-0.3, -0.25) is 4.90 Å². The molecule has 3 heterocycles. The number of methoxy groups -OCH3 is 1. The van der Waals surface area contributed by atoms with Gasteiger partial charge in [-0.2, -0.15) is 0 Å². The molecule has 0 aliphatic carbocycles. The Hall–Kier alpha value is -3.92. The van der Waals surface area contributed by atoms with Crippen LogP contribution in [0.1, 0.15) is 46.1 Å². The van der Waals surface area contributed by atoms with Gasteiger partial charge >= 0.3 is 11.8 Å². The number of para-hydroxylation sites is 1. The molecule has 9 heteroatoms. The molecule has 6 rings (SSSR count). The third kappa shape index (κ3) is 4.81. The van der Waals surface area contributed by atoms with Crippen LogP contribution in [0, 0.1) is 0 Å². The quantitative estimate of drug-likeness (QED) is 0.321. The number of nitrogens with zero attached hydrogens (tertiary/aromatic N) is 3. The minimum Gasteiger partial charge on any atom is -0.478 e. The maximum atomic E-state index is 11.5. The Morgan fingerprint density at radius 2 is 1.88 bits per heavy atom. The number of carboxylic acid groups (broad SMARTS) is 1. The smallest absolute Gasteiger partial charge is 0.335 e. The molecule has 0 radical (unpaired) electrons. The summed E-state index contributed by atoms with van der Waals surface area (Å²) in [5.41, 5.74) is 3.73. The lowest BCUT2D eigenvalue weighted by atomic mass is 9.88. The first kappa shape index (κ1) is 26.3. The fraction of sp³-hybridized carbons (Fsp3) is 0.355. The van der Waals surface area contributed by atoms with Crippen LogP contribution in [0.5, 0.6) is 11.5 Å². The second-order valence-corrected chi connectivity index (χ2v) is 10.4. The molecule has 0 saturated carbocycles. The molecule has 3 aromatic carbocycles. The monoisotopic (exact) mass is 543 g/mol. The van der Waals surface area contributed by atoms with Crippen LogP contribution < -0.4 is 9.47 Å². The topological polar surface area (TPSA) is 106 Å². The Kier molecular flexibility index (Phi) is 7.18. The fourth-order valence-electron chi connectivity index (χ4n) is 5.83. The molecule has 1 fully saturated rings. The Bertz CT molecular complexity index is 1510. The molecule has 2 aliphatic rings. The largest absolute Gasteiger partial charge is 0.478 e. The van der Waals surface area contributed by atoms with E-state index in [0.29, 0.717) is 31.4 Å². The molecule has 1 unspecified atom stereocenters. The molecule has 40 heavy (non-hydrogen) atoms. The third-order valence-corrected chi connectivity index (χ3v) is 7.96. The number of rotatable bonds is 9. The molecule has 0 spiro atoms. The number of imidazole rings is 1. The van der Waals surface area contributed by atoms with E-state index in [1.807, 2.05) is 42.5 Å². The van der Waals surface area contributed by atoms with Crippen LogP contribution in [0.2, 0.25) is 0 Å². The number of carbonyl (C=O) groups is 1. The van der Waals surface area contributed by atoms with Crippen molar-refractivity contribution in [1.29, 1.82) is 0 Å². The molecule has 2 N–H and O–H groups in total. The number of aromatic carboxylic acids is 1. The molecular weight excluding hydrogens is 510 g/mol. The van der Waals surface area contributed by atoms with Gasteiger partial charge < -0.3 is 29.0 Å². The van der Waals surface area contributed by atoms with Gasteiger partial charge in [0.25, 0.3) is 0 Å². The standard InChI is InChI=1S/C31H33N3O6/c1-38-17-16-34-26-18-22(30(36)37)10-11-25(26)32-28(34)19-33-14-12-21(13-15-33)24-8-5-9-27-29(24)40-31(20-35,39-27)23-6-3-2-4-7-23/h2-11,18,21,35H,12-17,19-20H2,1H3,(H,36,37). The summed E-state index contributed by atoms with van der Waals surface area (Å²) in [6.45, 7) is 3.25. The Balaban J connectivity index is 1.18. The maximum Gasteiger partial charge on any atom is 0.335 e. The number of benzene rings is 3. The van der Waals surface area contributed by atoms with Crippen molar-refractivity contribution in [2.24, 2.45) is 0 Å². The van der Waals surface area contributed by atoms with E-state index in [4.69, 9.17) is 19.2 Å². The third-order valence-electron chi connectivity index (χ3n) is 7.96. The molecule has 2 aliphatic heterocycles. The highest BCUT2D eigenvalue weighted by Gasteiger charge is 2.44. The highest BCUT2D eigenvalue weighted by Crippen LogP contribution is 2.49. The second kappa shape index (κ2) is 10.9. The number of hydrogen-bond acceptors (Lipinski definition) is 7. The minimum absolute atomic E-state index is 0.248. The van der Waals surface area contributed by atoms with Crippen molar-refractivity contribution >= 4 is 17.0 Å². The van der Waals surface area contributed by atoms with Gasteiger partial charge in [0, 0.05) is 24.8 Å². The van der Waals surface area contributed by atoms with Gasteiger partial charge in [0.15, 0.2) is 11.5 Å². The maximum absolute atomic E-state index is 11.5. The van der Waals surface area contributed by atoms with E-state index in [1.165, 1.54) is 0 Å². The van der Waals surface area contributed by atoms with Gasteiger partial charge in [0.2, 0.25) is 0 Å². The number of fused-ring (bicyclic) bond motifs is 2. The second-order valence-electron chi connectivity index (χ2n) is 10.4. The molecule has 0 bridgehead atoms. The predicted molar refractivity (Wildman–Crippen MR) is 149 cm³/mol. The molecule has 4 aromatic rings. The molecule has 0 amide bonds. The van der Waals surface area contributed by atoms with E-state index in [2.05, 4.69) is 15.5 Å². The van der Waals surface area contributed by atoms with Crippen LogP contribution >= 0.6 is 0 Å². The van der Waals surface area contributed by atoms with E-state index in [-0.39, 0.29) is 12.2 Å². The van der Waals surface area contributed by atoms with Crippen molar-refractivity contribution in [1.82, 2.24) is 14.5 Å². The first-order valence-electron chi connectivity index (χ1n) is 13.6. The highest BCUT2D eigenvalue weighted by atomic mass is 16.7. The van der Waals surface area contributed by atoms with Crippen molar-refractivity contribution in [3.05, 3.63) is 89.2 Å². The summed E-state index contributed by atoms with van der Waals surface area (Å²) in [4.78, 5) is 18.8. The lowest BCUT2D eigenvalue weighted by Gasteiger charge is -2.32. The van der Waals surface area contributed by atoms with Crippen molar-refractivity contribution in [3.8, 4) is 11.5 Å². The van der Waals surface area contributed by atoms with E-state index in [1.54, 1.807) is 25.3 Å². The Labute approximate surface area is 232 Å². The summed E-state index contributed by atoms with van der Waals surface area (Å²) >= 11 is 0. The van der Waals surface area contributed by atoms with Crippen LogP contribution in [0.3, 0.4) is 0 Å². The predicted octanol–water partition coefficient (Wildman–Crippen LogP) is 4.38. The number of likely N-dealkylation sites (tertiary alicyclic amines) is 1. The van der Waals surface area contributed by atoms with Crippen molar-refractivity contribution in [2.45, 2.75) is 37.6 Å². The van der Waals surface area contributed by atoms with E-state index in [0.717, 1.165) is 59.7 Å². The Morgan fingerprint density at radius 3 is 2.60 bits per heavy atom. The summed E-state index contributed by atoms with van der Waals surface area (Å²) in [6, 6.07) is 20.6. The molecule has 9 nitrogen and oxygen atoms in total. The van der Waals surface area contributed by atoms with Crippen LogP contribution in [-0.2, 0) is 23.6 Å². The van der Waals surface area contributed by atoms with Gasteiger partial charge in [-0.15, -0.1) is 0 Å². The number of aliphatic hydroxyl groups excluding tert-OH is 1. The van der Waals surface area contributed by atoms with Crippen LogP contribution in [0.15, 0.2) is 66.7 Å². The summed E-state index contributed by atoms with van der Waals surface area (Å²) in [6.07, 6.45) is 1.89. The van der Waals surface area contributed by atoms with E-state index < -0.39 is 11.8 Å². The number of hydrogen-bond donors (Lipinski definition) is 2. The zero-order valence-electron chi connectivity index (χ0n) is 22.5. The molecule has 1 aromatic heterocycles. The lowest BCUT2D eigenvalue weighted by Crippen LogP contribution is -2.39. The molecule has 1 atom stereocenters. The number of aromatic nitrogens is 2. The van der Waals surface area contributed by atoms with Gasteiger partial charge in [0.05, 0.1) is 29.7 Å². The van der Waals surface area contributed by atoms with Gasteiger partial charge in [0.1, 0.15) is 12.4 Å². The Morgan fingerprint density at radius 1 is 1.07 bits per heavy atom. The van der Waals surface area contributed by atoms with Crippen LogP contribution in [-0.4, -0.2) is 64.0 Å². The molecule has 208 valence electrons. The highest BCUT2D eigenvalue weighted by molar-refractivity contribution is 5.92. The lowest BCUT2D eigenvalue weighted by molar-refractivity contribution is -0.122. The molecular formula is C31H33N3O6. The number of ether oxygens (including phenoxy) is 3. The van der Waals surface area contributed by atoms with Crippen molar-refractivity contribution < 1.29 is 29.2 Å². The molecule has 1 saturated heterocycles. The zero-order valence-corrected chi connectivity index (χ0v) is 22.5. The van der Waals surface area contributed by atoms with Gasteiger partial charge in [-0.25, -0.2) is 9.78 Å². The number of piperidine rings is 1. The fourth-order valence-corrected chi connectivity index (χ4v) is 5.83. The van der Waals surface area contributed by atoms with Gasteiger partial charge in [-0.05, 0) is 56.1 Å². The number of carboxylic acids is 1. The number of aliphatic hydroxyl groups is 1. The minimum atomic E-state index is -1.23. The van der Waals surface area contributed by atoms with Crippen molar-refractivity contribution in [3.63, 3.8) is 0 Å². The van der Waals surface area contributed by atoms with Crippen LogP contribution in [0.25, 0.3) is 11.0 Å². The summed E-state index contributed by atoms with van der Waals surface area (Å²) in [7, 11) is 1.66. The average Bonchev–Trinajstić information content (AvgIpc) is 3.55. The normalized spacial score (nSPS) is 19.4. The first-order chi connectivity index (χ1) is 19.5. The average molecular weight is 544 g/mol. The summed E-state index contributed by atoms with van der Waals surface area (Å²) in [5.74, 6) is 0.389. The summed E-state index contributed by atoms with van der Waals surface area (Å²) < 4.78 is 20.0. The van der Waals surface area contributed by atoms with Crippen molar-refractivity contribution in [2.75, 3.05) is 33.4 Å². The SMILES string of the molecule is COCCn1c(CN2CCC(c3cccc4c3OC(CO)(c3ccccc3)O4)CC2)nc2ccc(C(=O)O)cc21. The summed E-state index contributed by atoms with van der Waals surface area (Å²) in [5, 5.41) is 19.8. The zero-order chi connectivity index (χ0) is 27.7.